The molecule has 2 aromatic carbocycles. The maximum absolute atomic E-state index is 12.8. The Morgan fingerprint density at radius 3 is 2.04 bits per heavy atom. The van der Waals surface area contributed by atoms with Crippen LogP contribution in [0.2, 0.25) is 0 Å². The molecule has 2 aromatic rings. The number of fused-ring (bicyclic) bond motifs is 1. The highest BCUT2D eigenvalue weighted by Crippen LogP contribution is 2.41. The monoisotopic (exact) mass is 318 g/mol. The lowest BCUT2D eigenvalue weighted by Crippen LogP contribution is -2.34. The van der Waals surface area contributed by atoms with E-state index in [-0.39, 0.29) is 23.8 Å². The van der Waals surface area contributed by atoms with E-state index in [1.54, 1.807) is 6.20 Å². The molecule has 120 valence electrons. The van der Waals surface area contributed by atoms with Crippen molar-refractivity contribution in [3.05, 3.63) is 83.7 Å². The summed E-state index contributed by atoms with van der Waals surface area (Å²) in [5.74, 6) is 0.0380. The Morgan fingerprint density at radius 2 is 1.46 bits per heavy atom. The summed E-state index contributed by atoms with van der Waals surface area (Å²) in [6.45, 7) is 0. The predicted octanol–water partition coefficient (Wildman–Crippen LogP) is 2.99. The largest absolute Gasteiger partial charge is 0.331 e. The molecule has 1 atom stereocenters. The summed E-state index contributed by atoms with van der Waals surface area (Å²) in [4.78, 5) is 26.3. The number of carbonyl (C=O) groups is 2. The zero-order valence-corrected chi connectivity index (χ0v) is 13.2. The topological polar surface area (TPSA) is 49.4 Å². The highest BCUT2D eigenvalue weighted by Gasteiger charge is 2.42. The number of amides is 2. The molecule has 0 aliphatic carbocycles. The number of likely N-dealkylation sites (tertiary alicyclic amines) is 1. The summed E-state index contributed by atoms with van der Waals surface area (Å²) in [6.07, 6.45) is 2.49. The zero-order valence-electron chi connectivity index (χ0n) is 13.2. The van der Waals surface area contributed by atoms with Crippen molar-refractivity contribution >= 4 is 11.8 Å². The van der Waals surface area contributed by atoms with Crippen molar-refractivity contribution in [3.63, 3.8) is 0 Å². The number of hydrogen-bond acceptors (Lipinski definition) is 2. The molecule has 0 bridgehead atoms. The summed E-state index contributed by atoms with van der Waals surface area (Å²) in [5.41, 5.74) is 3.04. The maximum atomic E-state index is 12.8. The van der Waals surface area contributed by atoms with Crippen LogP contribution < -0.4 is 5.32 Å². The van der Waals surface area contributed by atoms with Gasteiger partial charge in [0.2, 0.25) is 11.8 Å². The van der Waals surface area contributed by atoms with Gasteiger partial charge >= 0.3 is 0 Å². The van der Waals surface area contributed by atoms with E-state index in [9.17, 15) is 9.59 Å². The van der Waals surface area contributed by atoms with Gasteiger partial charge in [-0.25, -0.2) is 0 Å². The number of nitrogens with zero attached hydrogens (tertiary/aromatic N) is 1. The van der Waals surface area contributed by atoms with Gasteiger partial charge < -0.3 is 10.2 Å². The molecule has 24 heavy (non-hydrogen) atoms. The Hall–Kier alpha value is -2.88. The van der Waals surface area contributed by atoms with Crippen molar-refractivity contribution in [2.24, 2.45) is 5.92 Å². The van der Waals surface area contributed by atoms with E-state index >= 15 is 0 Å². The molecule has 0 radical (unpaired) electrons. The van der Waals surface area contributed by atoms with Gasteiger partial charge in [0, 0.05) is 30.7 Å². The second-order valence-corrected chi connectivity index (χ2v) is 6.23. The number of rotatable bonds is 3. The average Bonchev–Trinajstić information content (AvgIpc) is 2.92. The second kappa shape index (κ2) is 5.96. The van der Waals surface area contributed by atoms with Crippen molar-refractivity contribution in [2.45, 2.75) is 18.9 Å². The number of carbonyl (C=O) groups excluding carboxylic acids is 2. The van der Waals surface area contributed by atoms with Gasteiger partial charge in [0.1, 0.15) is 0 Å². The smallest absolute Gasteiger partial charge is 0.228 e. The van der Waals surface area contributed by atoms with Gasteiger partial charge in [-0.15, -0.1) is 0 Å². The van der Waals surface area contributed by atoms with E-state index in [1.165, 1.54) is 0 Å². The van der Waals surface area contributed by atoms with Crippen LogP contribution in [0.3, 0.4) is 0 Å². The van der Waals surface area contributed by atoms with Crippen LogP contribution in [0.1, 0.15) is 30.0 Å². The van der Waals surface area contributed by atoms with Gasteiger partial charge in [-0.05, 0) is 11.1 Å². The molecule has 2 aliphatic rings. The molecule has 2 heterocycles. The molecule has 4 heteroatoms. The summed E-state index contributed by atoms with van der Waals surface area (Å²) in [7, 11) is 0. The molecule has 0 spiro atoms. The van der Waals surface area contributed by atoms with Crippen molar-refractivity contribution in [1.29, 1.82) is 0 Å². The van der Waals surface area contributed by atoms with E-state index < -0.39 is 0 Å². The normalized spacial score (nSPS) is 20.0. The molecule has 0 saturated carbocycles. The van der Waals surface area contributed by atoms with Gasteiger partial charge in [0.05, 0.1) is 6.04 Å². The average molecular weight is 318 g/mol. The van der Waals surface area contributed by atoms with Crippen molar-refractivity contribution in [3.8, 4) is 0 Å². The van der Waals surface area contributed by atoms with E-state index in [4.69, 9.17) is 0 Å². The first-order chi connectivity index (χ1) is 11.7. The lowest BCUT2D eigenvalue weighted by molar-refractivity contribution is -0.128. The third-order valence-corrected chi connectivity index (χ3v) is 4.69. The molecular formula is C20H18N2O2. The van der Waals surface area contributed by atoms with Crippen LogP contribution in [0.4, 0.5) is 0 Å². The highest BCUT2D eigenvalue weighted by atomic mass is 16.2. The number of nitrogens with one attached hydrogen (secondary N) is 1. The van der Waals surface area contributed by atoms with E-state index in [2.05, 4.69) is 5.32 Å². The molecule has 1 fully saturated rings. The second-order valence-electron chi connectivity index (χ2n) is 6.23. The summed E-state index contributed by atoms with van der Waals surface area (Å²) in [5, 5.41) is 2.77. The summed E-state index contributed by atoms with van der Waals surface area (Å²) >= 11 is 0. The Kier molecular flexibility index (Phi) is 3.65. The van der Waals surface area contributed by atoms with E-state index in [0.717, 1.165) is 16.8 Å². The molecule has 2 amide bonds. The minimum atomic E-state index is -0.175. The Bertz CT molecular complexity index is 759. The fourth-order valence-electron chi connectivity index (χ4n) is 3.61. The molecular weight excluding hydrogens is 300 g/mol. The van der Waals surface area contributed by atoms with Crippen molar-refractivity contribution in [2.75, 3.05) is 0 Å². The van der Waals surface area contributed by atoms with Crippen LogP contribution in [-0.2, 0) is 9.59 Å². The van der Waals surface area contributed by atoms with Crippen LogP contribution in [0.15, 0.2) is 72.6 Å². The third-order valence-electron chi connectivity index (χ3n) is 4.69. The van der Waals surface area contributed by atoms with Crippen LogP contribution in [0.5, 0.6) is 0 Å². The molecule has 2 aliphatic heterocycles. The first kappa shape index (κ1) is 14.7. The lowest BCUT2D eigenvalue weighted by Gasteiger charge is -2.32. The van der Waals surface area contributed by atoms with Crippen LogP contribution in [0.25, 0.3) is 0 Å². The van der Waals surface area contributed by atoms with E-state index in [1.807, 2.05) is 65.6 Å². The van der Waals surface area contributed by atoms with E-state index in [0.29, 0.717) is 12.8 Å². The molecule has 4 nitrogen and oxygen atoms in total. The quantitative estimate of drug-likeness (QED) is 0.946. The van der Waals surface area contributed by atoms with Gasteiger partial charge in [-0.1, -0.05) is 60.7 Å². The fourth-order valence-corrected chi connectivity index (χ4v) is 3.61. The fraction of sp³-hybridized carbons (Fsp3) is 0.200. The predicted molar refractivity (Wildman–Crippen MR) is 90.5 cm³/mol. The minimum Gasteiger partial charge on any atom is -0.331 e. The highest BCUT2D eigenvalue weighted by molar-refractivity contribution is 5.87. The Labute approximate surface area is 140 Å². The molecule has 1 saturated heterocycles. The summed E-state index contributed by atoms with van der Waals surface area (Å²) in [6, 6.07) is 19.9. The first-order valence-electron chi connectivity index (χ1n) is 8.15. The lowest BCUT2D eigenvalue weighted by atomic mass is 9.95. The summed E-state index contributed by atoms with van der Waals surface area (Å²) < 4.78 is 0. The van der Waals surface area contributed by atoms with Gasteiger partial charge in [-0.3, -0.25) is 9.59 Å². The molecule has 4 rings (SSSR count). The number of hydrogen-bond donors (Lipinski definition) is 1. The van der Waals surface area contributed by atoms with Gasteiger partial charge in [0.25, 0.3) is 0 Å². The minimum absolute atomic E-state index is 0.0128. The van der Waals surface area contributed by atoms with Crippen LogP contribution >= 0.6 is 0 Å². The standard InChI is InChI=1S/C20H18N2O2/c23-18-11-16-12-19(24)22(17(16)13-21-18)20(14-7-3-1-4-8-14)15-9-5-2-6-10-15/h1-10,13,16,20H,11-12H2,(H,21,23). The van der Waals surface area contributed by atoms with Crippen molar-refractivity contribution < 1.29 is 9.59 Å². The Morgan fingerprint density at radius 1 is 0.875 bits per heavy atom. The maximum Gasteiger partial charge on any atom is 0.228 e. The zero-order chi connectivity index (χ0) is 16.5. The van der Waals surface area contributed by atoms with Crippen LogP contribution in [-0.4, -0.2) is 16.7 Å². The molecule has 1 unspecified atom stereocenters. The van der Waals surface area contributed by atoms with Crippen LogP contribution in [0, 0.1) is 5.92 Å². The number of allylic oxidation sites excluding steroid dienone is 1. The SMILES string of the molecule is O=C1CC2CC(=O)N(C(c3ccccc3)c3ccccc3)C2=CN1. The van der Waals surface area contributed by atoms with Crippen molar-refractivity contribution in [1.82, 2.24) is 10.2 Å². The van der Waals surface area contributed by atoms with Gasteiger partial charge in [0.15, 0.2) is 0 Å². The van der Waals surface area contributed by atoms with Gasteiger partial charge in [-0.2, -0.15) is 0 Å². The Balaban J connectivity index is 1.82. The first-order valence-corrected chi connectivity index (χ1v) is 8.15. The third kappa shape index (κ3) is 2.50. The molecule has 0 aromatic heterocycles. The number of benzene rings is 2. The molecule has 1 N–H and O–H groups in total.